The van der Waals surface area contributed by atoms with Crippen molar-refractivity contribution in [1.29, 1.82) is 0 Å². The molecule has 140 valence electrons. The van der Waals surface area contributed by atoms with Crippen LogP contribution >= 0.6 is 0 Å². The van der Waals surface area contributed by atoms with Gasteiger partial charge in [-0.1, -0.05) is 6.42 Å². The van der Waals surface area contributed by atoms with Crippen molar-refractivity contribution in [3.63, 3.8) is 0 Å². The summed E-state index contributed by atoms with van der Waals surface area (Å²) in [6.07, 6.45) is 11.1. The molecule has 2 heterocycles. The molecule has 2 aliphatic heterocycles. The normalized spacial score (nSPS) is 36.2. The number of fused-ring (bicyclic) bond motifs is 2. The zero-order chi connectivity index (χ0) is 17.4. The Morgan fingerprint density at radius 3 is 2.40 bits per heavy atom. The van der Waals surface area contributed by atoms with Crippen LogP contribution in [0.4, 0.5) is 0 Å². The maximum atomic E-state index is 12.7. The molecule has 0 aromatic heterocycles. The predicted octanol–water partition coefficient (Wildman–Crippen LogP) is 2.00. The average Bonchev–Trinajstić information content (AvgIpc) is 3.33. The number of amides is 2. The third-order valence-electron chi connectivity index (χ3n) is 7.55. The van der Waals surface area contributed by atoms with Crippen LogP contribution in [0, 0.1) is 23.7 Å². The first kappa shape index (κ1) is 17.3. The molecule has 2 saturated carbocycles. The van der Waals surface area contributed by atoms with Gasteiger partial charge in [-0.2, -0.15) is 0 Å². The molecule has 4 rings (SSSR count). The average molecular weight is 348 g/mol. The van der Waals surface area contributed by atoms with Crippen LogP contribution in [0.2, 0.25) is 0 Å². The van der Waals surface area contributed by atoms with Gasteiger partial charge in [0, 0.05) is 25.0 Å². The van der Waals surface area contributed by atoms with Gasteiger partial charge in [0.1, 0.15) is 0 Å². The van der Waals surface area contributed by atoms with E-state index in [9.17, 15) is 9.59 Å². The lowest BCUT2D eigenvalue weighted by Gasteiger charge is -2.34. The van der Waals surface area contributed by atoms with Crippen molar-refractivity contribution in [1.82, 2.24) is 9.80 Å². The highest BCUT2D eigenvalue weighted by atomic mass is 16.2. The van der Waals surface area contributed by atoms with E-state index in [1.54, 1.807) is 0 Å². The van der Waals surface area contributed by atoms with E-state index in [1.165, 1.54) is 44.9 Å². The molecular formula is C20H33N3O2. The predicted molar refractivity (Wildman–Crippen MR) is 96.6 cm³/mol. The van der Waals surface area contributed by atoms with E-state index < -0.39 is 0 Å². The molecule has 0 spiro atoms. The van der Waals surface area contributed by atoms with Crippen LogP contribution in [-0.2, 0) is 9.59 Å². The van der Waals surface area contributed by atoms with Crippen molar-refractivity contribution in [2.24, 2.45) is 29.4 Å². The fraction of sp³-hybridized carbons (Fsp3) is 0.900. The molecule has 0 aromatic rings. The molecule has 2 aliphatic carbocycles. The molecule has 2 amide bonds. The van der Waals surface area contributed by atoms with E-state index in [2.05, 4.69) is 4.90 Å². The largest absolute Gasteiger partial charge is 0.369 e. The van der Waals surface area contributed by atoms with Crippen molar-refractivity contribution in [3.05, 3.63) is 0 Å². The molecule has 5 nitrogen and oxygen atoms in total. The SMILES string of the molecule is NC(=O)C1CCN(C(=O)CN2CCC[C@H]2C[C@H]2C[C@H]3CC[C@H]2C3)CC1. The minimum absolute atomic E-state index is 0.0404. The Morgan fingerprint density at radius 2 is 1.76 bits per heavy atom. The molecule has 2 bridgehead atoms. The minimum Gasteiger partial charge on any atom is -0.369 e. The Hall–Kier alpha value is -1.10. The second kappa shape index (κ2) is 7.26. The van der Waals surface area contributed by atoms with Gasteiger partial charge in [-0.25, -0.2) is 0 Å². The summed E-state index contributed by atoms with van der Waals surface area (Å²) in [4.78, 5) is 28.4. The van der Waals surface area contributed by atoms with Gasteiger partial charge in [0.15, 0.2) is 0 Å². The monoisotopic (exact) mass is 347 g/mol. The van der Waals surface area contributed by atoms with E-state index >= 15 is 0 Å². The number of hydrogen-bond acceptors (Lipinski definition) is 3. The van der Waals surface area contributed by atoms with Crippen molar-refractivity contribution in [3.8, 4) is 0 Å². The third kappa shape index (κ3) is 3.71. The molecule has 25 heavy (non-hydrogen) atoms. The summed E-state index contributed by atoms with van der Waals surface area (Å²) in [6.45, 7) is 3.04. The lowest BCUT2D eigenvalue weighted by molar-refractivity contribution is -0.136. The first-order valence-electron chi connectivity index (χ1n) is 10.4. The Kier molecular flexibility index (Phi) is 5.03. The van der Waals surface area contributed by atoms with Crippen LogP contribution in [0.15, 0.2) is 0 Å². The number of hydrogen-bond donors (Lipinski definition) is 1. The second-order valence-corrected chi connectivity index (χ2v) is 8.99. The van der Waals surface area contributed by atoms with Gasteiger partial charge in [-0.15, -0.1) is 0 Å². The number of carbonyl (C=O) groups excluding carboxylic acids is 2. The standard InChI is InChI=1S/C20H33N3O2/c21-20(25)15-5-8-22(9-6-15)19(24)13-23-7-1-2-18(23)12-17-11-14-3-4-16(17)10-14/h14-18H,1-13H2,(H2,21,25)/t14-,16-,17+,18-/m0/s1. The van der Waals surface area contributed by atoms with Crippen molar-refractivity contribution < 1.29 is 9.59 Å². The summed E-state index contributed by atoms with van der Waals surface area (Å²) in [6, 6.07) is 0.622. The summed E-state index contributed by atoms with van der Waals surface area (Å²) >= 11 is 0. The van der Waals surface area contributed by atoms with Gasteiger partial charge < -0.3 is 10.6 Å². The van der Waals surface area contributed by atoms with Crippen LogP contribution in [0.5, 0.6) is 0 Å². The van der Waals surface area contributed by atoms with Gasteiger partial charge in [0.2, 0.25) is 11.8 Å². The molecule has 0 aromatic carbocycles. The van der Waals surface area contributed by atoms with E-state index in [1.807, 2.05) is 4.90 Å². The number of likely N-dealkylation sites (tertiary alicyclic amines) is 2. The Bertz CT molecular complexity index is 515. The summed E-state index contributed by atoms with van der Waals surface area (Å²) in [5.74, 6) is 2.92. The smallest absolute Gasteiger partial charge is 0.236 e. The highest BCUT2D eigenvalue weighted by Gasteiger charge is 2.41. The first-order valence-corrected chi connectivity index (χ1v) is 10.4. The number of nitrogens with two attached hydrogens (primary N) is 1. The Labute approximate surface area is 151 Å². The molecule has 4 atom stereocenters. The number of rotatable bonds is 5. The van der Waals surface area contributed by atoms with E-state index in [0.717, 1.165) is 37.1 Å². The van der Waals surface area contributed by atoms with Gasteiger partial charge in [0.05, 0.1) is 6.54 Å². The maximum absolute atomic E-state index is 12.7. The highest BCUT2D eigenvalue weighted by Crippen LogP contribution is 2.50. The first-order chi connectivity index (χ1) is 12.1. The summed E-state index contributed by atoms with van der Waals surface area (Å²) in [5.41, 5.74) is 5.39. The molecular weight excluding hydrogens is 314 g/mol. The van der Waals surface area contributed by atoms with Crippen molar-refractivity contribution >= 4 is 11.8 Å². The van der Waals surface area contributed by atoms with Crippen LogP contribution < -0.4 is 5.73 Å². The lowest BCUT2D eigenvalue weighted by Crippen LogP contribution is -2.47. The zero-order valence-electron chi connectivity index (χ0n) is 15.4. The topological polar surface area (TPSA) is 66.6 Å². The van der Waals surface area contributed by atoms with Crippen molar-refractivity contribution in [2.45, 2.75) is 63.8 Å². The van der Waals surface area contributed by atoms with Crippen LogP contribution in [0.3, 0.4) is 0 Å². The Morgan fingerprint density at radius 1 is 0.960 bits per heavy atom. The third-order valence-corrected chi connectivity index (χ3v) is 7.55. The summed E-state index contributed by atoms with van der Waals surface area (Å²) in [7, 11) is 0. The molecule has 4 fully saturated rings. The minimum atomic E-state index is -0.211. The van der Waals surface area contributed by atoms with Crippen LogP contribution in [0.1, 0.15) is 57.8 Å². The fourth-order valence-corrected chi connectivity index (χ4v) is 6.07. The summed E-state index contributed by atoms with van der Waals surface area (Å²) in [5, 5.41) is 0. The van der Waals surface area contributed by atoms with Crippen LogP contribution in [0.25, 0.3) is 0 Å². The molecule has 5 heteroatoms. The highest BCUT2D eigenvalue weighted by molar-refractivity contribution is 5.80. The van der Waals surface area contributed by atoms with Gasteiger partial charge in [-0.3, -0.25) is 14.5 Å². The number of nitrogens with zero attached hydrogens (tertiary/aromatic N) is 2. The number of piperidine rings is 1. The molecule has 0 unspecified atom stereocenters. The molecule has 2 N–H and O–H groups in total. The number of primary amides is 1. The molecule has 0 radical (unpaired) electrons. The van der Waals surface area contributed by atoms with Gasteiger partial charge in [-0.05, 0) is 75.7 Å². The Balaban J connectivity index is 1.26. The second-order valence-electron chi connectivity index (χ2n) is 8.99. The van der Waals surface area contributed by atoms with E-state index in [0.29, 0.717) is 25.7 Å². The van der Waals surface area contributed by atoms with Gasteiger partial charge in [0.25, 0.3) is 0 Å². The van der Waals surface area contributed by atoms with E-state index in [4.69, 9.17) is 5.73 Å². The fourth-order valence-electron chi connectivity index (χ4n) is 6.07. The van der Waals surface area contributed by atoms with E-state index in [-0.39, 0.29) is 17.7 Å². The zero-order valence-corrected chi connectivity index (χ0v) is 15.4. The summed E-state index contributed by atoms with van der Waals surface area (Å²) < 4.78 is 0. The van der Waals surface area contributed by atoms with Gasteiger partial charge >= 0.3 is 0 Å². The maximum Gasteiger partial charge on any atom is 0.236 e. The van der Waals surface area contributed by atoms with Crippen molar-refractivity contribution in [2.75, 3.05) is 26.2 Å². The molecule has 2 saturated heterocycles. The quantitative estimate of drug-likeness (QED) is 0.827. The van der Waals surface area contributed by atoms with Crippen LogP contribution in [-0.4, -0.2) is 53.8 Å². The number of carbonyl (C=O) groups is 2. The lowest BCUT2D eigenvalue weighted by atomic mass is 9.84. The molecule has 4 aliphatic rings.